The van der Waals surface area contributed by atoms with Gasteiger partial charge < -0.3 is 15.8 Å². The number of halogens is 1. The van der Waals surface area contributed by atoms with Gasteiger partial charge in [-0.15, -0.1) is 0 Å². The fourth-order valence-corrected chi connectivity index (χ4v) is 2.25. The normalized spacial score (nSPS) is 10.4. The lowest BCUT2D eigenvalue weighted by atomic mass is 10.2. The molecule has 1 aromatic carbocycles. The number of carbonyl (C=O) groups excluding carboxylic acids is 1. The lowest BCUT2D eigenvalue weighted by molar-refractivity contribution is 0.102. The predicted octanol–water partition coefficient (Wildman–Crippen LogP) is 2.97. The highest BCUT2D eigenvalue weighted by atomic mass is 79.9. The van der Waals surface area contributed by atoms with Gasteiger partial charge in [0.05, 0.1) is 24.2 Å². The van der Waals surface area contributed by atoms with Crippen molar-refractivity contribution in [2.24, 2.45) is 0 Å². The number of ether oxygens (including phenoxy) is 1. The molecular weight excluding hydrogens is 336 g/mol. The highest BCUT2D eigenvalue weighted by Crippen LogP contribution is 2.28. The number of methoxy groups -OCH3 is 1. The van der Waals surface area contributed by atoms with Crippen LogP contribution in [-0.4, -0.2) is 23.2 Å². The Morgan fingerprint density at radius 3 is 2.95 bits per heavy atom. The minimum atomic E-state index is -0.361. The van der Waals surface area contributed by atoms with Crippen LogP contribution in [-0.2, 0) is 6.42 Å². The summed E-state index contributed by atoms with van der Waals surface area (Å²) in [4.78, 5) is 12.3. The third-order valence-electron chi connectivity index (χ3n) is 3.02. The molecule has 0 aliphatic carbocycles. The molecule has 112 valence electrons. The highest BCUT2D eigenvalue weighted by molar-refractivity contribution is 9.10. The molecule has 2 rings (SSSR count). The molecule has 2 aromatic rings. The van der Waals surface area contributed by atoms with E-state index in [4.69, 9.17) is 10.5 Å². The Morgan fingerprint density at radius 1 is 1.52 bits per heavy atom. The lowest BCUT2D eigenvalue weighted by Crippen LogP contribution is -2.14. The number of anilines is 2. The Morgan fingerprint density at radius 2 is 2.29 bits per heavy atom. The number of benzene rings is 1. The second-order valence-corrected chi connectivity index (χ2v) is 5.37. The Balaban J connectivity index is 2.22. The van der Waals surface area contributed by atoms with Crippen LogP contribution in [0, 0.1) is 0 Å². The summed E-state index contributed by atoms with van der Waals surface area (Å²) in [6.45, 7) is 2.04. The van der Waals surface area contributed by atoms with Gasteiger partial charge in [0.2, 0.25) is 0 Å². The van der Waals surface area contributed by atoms with Crippen LogP contribution in [0.5, 0.6) is 5.75 Å². The van der Waals surface area contributed by atoms with Crippen molar-refractivity contribution < 1.29 is 9.53 Å². The van der Waals surface area contributed by atoms with E-state index in [1.54, 1.807) is 25.3 Å². The molecule has 0 spiro atoms. The van der Waals surface area contributed by atoms with Crippen LogP contribution in [0.15, 0.2) is 22.7 Å². The summed E-state index contributed by atoms with van der Waals surface area (Å²) in [5.74, 6) is 0.287. The van der Waals surface area contributed by atoms with E-state index in [2.05, 4.69) is 31.4 Å². The predicted molar refractivity (Wildman–Crippen MR) is 85.6 cm³/mol. The van der Waals surface area contributed by atoms with Crippen LogP contribution in [0.4, 0.5) is 11.4 Å². The van der Waals surface area contributed by atoms with E-state index in [0.29, 0.717) is 17.1 Å². The summed E-state index contributed by atoms with van der Waals surface area (Å²) < 4.78 is 5.89. The molecule has 1 aromatic heterocycles. The summed E-state index contributed by atoms with van der Waals surface area (Å²) in [7, 11) is 1.57. The second-order valence-electron chi connectivity index (χ2n) is 4.51. The quantitative estimate of drug-likeness (QED) is 0.770. The molecule has 21 heavy (non-hydrogen) atoms. The first-order valence-corrected chi connectivity index (χ1v) is 7.33. The molecule has 0 bridgehead atoms. The largest absolute Gasteiger partial charge is 0.497 e. The number of aromatic nitrogens is 2. The van der Waals surface area contributed by atoms with Gasteiger partial charge in [-0.2, -0.15) is 5.10 Å². The fraction of sp³-hybridized carbons (Fsp3) is 0.286. The van der Waals surface area contributed by atoms with E-state index in [9.17, 15) is 4.79 Å². The Labute approximate surface area is 131 Å². The molecular formula is C14H17BrN4O2. The maximum Gasteiger partial charge on any atom is 0.278 e. The minimum Gasteiger partial charge on any atom is -0.497 e. The standard InChI is InChI=1S/C14H17BrN4O2/c1-3-4-10-12(16)13(19-18-10)14(20)17-11-7-8(21-2)5-6-9(11)15/h5-7H,3-4,16H2,1-2H3,(H,17,20)(H,18,19). The van der Waals surface area contributed by atoms with Crippen LogP contribution in [0.25, 0.3) is 0 Å². The highest BCUT2D eigenvalue weighted by Gasteiger charge is 2.18. The second kappa shape index (κ2) is 6.62. The number of nitrogens with zero attached hydrogens (tertiary/aromatic N) is 1. The Hall–Kier alpha value is -2.02. The van der Waals surface area contributed by atoms with Crippen molar-refractivity contribution >= 4 is 33.2 Å². The number of carbonyl (C=O) groups is 1. The molecule has 4 N–H and O–H groups in total. The van der Waals surface area contributed by atoms with Gasteiger partial charge in [0.1, 0.15) is 5.75 Å². The van der Waals surface area contributed by atoms with Gasteiger partial charge in [-0.1, -0.05) is 13.3 Å². The number of nitrogen functional groups attached to an aromatic ring is 1. The average molecular weight is 353 g/mol. The first kappa shape index (κ1) is 15.4. The third-order valence-corrected chi connectivity index (χ3v) is 3.71. The number of H-pyrrole nitrogens is 1. The summed E-state index contributed by atoms with van der Waals surface area (Å²) in [5.41, 5.74) is 7.93. The van der Waals surface area contributed by atoms with Gasteiger partial charge in [0, 0.05) is 10.5 Å². The van der Waals surface area contributed by atoms with Crippen molar-refractivity contribution in [3.05, 3.63) is 34.1 Å². The minimum absolute atomic E-state index is 0.202. The summed E-state index contributed by atoms with van der Waals surface area (Å²) in [6.07, 6.45) is 1.68. The number of amides is 1. The molecule has 7 heteroatoms. The molecule has 0 saturated heterocycles. The molecule has 1 heterocycles. The Kier molecular flexibility index (Phi) is 4.85. The summed E-state index contributed by atoms with van der Waals surface area (Å²) >= 11 is 3.38. The zero-order valence-electron chi connectivity index (χ0n) is 11.9. The van der Waals surface area contributed by atoms with Gasteiger partial charge in [0.15, 0.2) is 5.69 Å². The van der Waals surface area contributed by atoms with Crippen LogP contribution in [0.3, 0.4) is 0 Å². The van der Waals surface area contributed by atoms with Crippen molar-refractivity contribution in [3.63, 3.8) is 0 Å². The zero-order chi connectivity index (χ0) is 15.4. The van der Waals surface area contributed by atoms with Crippen molar-refractivity contribution in [2.75, 3.05) is 18.2 Å². The number of aromatic amines is 1. The SMILES string of the molecule is CCCc1[nH]nc(C(=O)Nc2cc(OC)ccc2Br)c1N. The van der Waals surface area contributed by atoms with Crippen molar-refractivity contribution in [3.8, 4) is 5.75 Å². The van der Waals surface area contributed by atoms with Gasteiger partial charge in [-0.05, 0) is 34.5 Å². The van der Waals surface area contributed by atoms with Crippen LogP contribution >= 0.6 is 15.9 Å². The molecule has 0 saturated carbocycles. The molecule has 6 nitrogen and oxygen atoms in total. The van der Waals surface area contributed by atoms with E-state index in [-0.39, 0.29) is 11.6 Å². The van der Waals surface area contributed by atoms with E-state index in [0.717, 1.165) is 23.0 Å². The topological polar surface area (TPSA) is 93.0 Å². The van der Waals surface area contributed by atoms with Gasteiger partial charge in [-0.3, -0.25) is 9.89 Å². The van der Waals surface area contributed by atoms with E-state index >= 15 is 0 Å². The van der Waals surface area contributed by atoms with E-state index in [1.165, 1.54) is 0 Å². The number of nitrogens with one attached hydrogen (secondary N) is 2. The van der Waals surface area contributed by atoms with Crippen molar-refractivity contribution in [1.82, 2.24) is 10.2 Å². The van der Waals surface area contributed by atoms with Crippen LogP contribution in [0.1, 0.15) is 29.5 Å². The third kappa shape index (κ3) is 3.36. The Bertz CT molecular complexity index is 654. The van der Waals surface area contributed by atoms with Gasteiger partial charge in [0.25, 0.3) is 5.91 Å². The average Bonchev–Trinajstić information content (AvgIpc) is 2.83. The number of aryl methyl sites for hydroxylation is 1. The number of nitrogens with two attached hydrogens (primary N) is 1. The van der Waals surface area contributed by atoms with E-state index < -0.39 is 0 Å². The molecule has 0 aliphatic heterocycles. The first-order valence-electron chi connectivity index (χ1n) is 6.54. The van der Waals surface area contributed by atoms with Crippen molar-refractivity contribution in [2.45, 2.75) is 19.8 Å². The number of rotatable bonds is 5. The summed E-state index contributed by atoms with van der Waals surface area (Å²) in [5, 5.41) is 9.57. The molecule has 1 amide bonds. The van der Waals surface area contributed by atoms with Crippen LogP contribution in [0.2, 0.25) is 0 Å². The summed E-state index contributed by atoms with van der Waals surface area (Å²) in [6, 6.07) is 5.31. The van der Waals surface area contributed by atoms with E-state index in [1.807, 2.05) is 6.92 Å². The lowest BCUT2D eigenvalue weighted by Gasteiger charge is -2.08. The maximum atomic E-state index is 12.3. The molecule has 0 fully saturated rings. The zero-order valence-corrected chi connectivity index (χ0v) is 13.5. The fourth-order valence-electron chi connectivity index (χ4n) is 1.91. The van der Waals surface area contributed by atoms with Gasteiger partial charge in [-0.25, -0.2) is 0 Å². The molecule has 0 unspecified atom stereocenters. The molecule has 0 atom stereocenters. The number of hydrogen-bond acceptors (Lipinski definition) is 4. The van der Waals surface area contributed by atoms with Crippen molar-refractivity contribution in [1.29, 1.82) is 0 Å². The first-order chi connectivity index (χ1) is 10.1. The maximum absolute atomic E-state index is 12.3. The molecule has 0 aliphatic rings. The smallest absolute Gasteiger partial charge is 0.278 e. The number of hydrogen-bond donors (Lipinski definition) is 3. The van der Waals surface area contributed by atoms with Gasteiger partial charge >= 0.3 is 0 Å². The monoisotopic (exact) mass is 352 g/mol. The molecule has 0 radical (unpaired) electrons. The van der Waals surface area contributed by atoms with Crippen LogP contribution < -0.4 is 15.8 Å².